The van der Waals surface area contributed by atoms with Crippen molar-refractivity contribution in [3.63, 3.8) is 0 Å². The van der Waals surface area contributed by atoms with E-state index in [0.29, 0.717) is 28.1 Å². The first-order valence-electron chi connectivity index (χ1n) is 23.6. The van der Waals surface area contributed by atoms with Crippen LogP contribution in [0.4, 0.5) is 26.3 Å². The third-order valence-electron chi connectivity index (χ3n) is 13.8. The van der Waals surface area contributed by atoms with Crippen LogP contribution in [0, 0.1) is 11.3 Å². The summed E-state index contributed by atoms with van der Waals surface area (Å²) in [5.74, 6) is 0. The fourth-order valence-corrected chi connectivity index (χ4v) is 9.70. The lowest BCUT2D eigenvalue weighted by atomic mass is 9.85. The van der Waals surface area contributed by atoms with Crippen molar-refractivity contribution in [3.8, 4) is 39.7 Å². The Kier molecular flexibility index (Phi) is 11.1. The molecular formula is C61H57F6N3. The maximum absolute atomic E-state index is 14.5. The molecule has 0 amide bonds. The molecule has 0 saturated heterocycles. The molecule has 9 rings (SSSR count). The molecule has 0 atom stereocenters. The van der Waals surface area contributed by atoms with Gasteiger partial charge in [-0.3, -0.25) is 0 Å². The van der Waals surface area contributed by atoms with Crippen molar-refractivity contribution in [2.75, 3.05) is 0 Å². The molecular weight excluding hydrogens is 889 g/mol. The lowest BCUT2D eigenvalue weighted by molar-refractivity contribution is -0.143. The van der Waals surface area contributed by atoms with Gasteiger partial charge in [0.1, 0.15) is 0 Å². The van der Waals surface area contributed by atoms with Gasteiger partial charge < -0.3 is 9.13 Å². The summed E-state index contributed by atoms with van der Waals surface area (Å²) in [4.78, 5) is 0. The Morgan fingerprint density at radius 2 is 0.671 bits per heavy atom. The number of fused-ring (bicyclic) bond motifs is 6. The summed E-state index contributed by atoms with van der Waals surface area (Å²) in [6.07, 6.45) is -10.1. The maximum atomic E-state index is 14.5. The van der Waals surface area contributed by atoms with Crippen LogP contribution in [0.3, 0.4) is 0 Å². The van der Waals surface area contributed by atoms with E-state index in [9.17, 15) is 31.6 Å². The largest absolute Gasteiger partial charge is 0.416 e. The van der Waals surface area contributed by atoms with Crippen molar-refractivity contribution >= 4 is 43.6 Å². The first-order chi connectivity index (χ1) is 32.4. The van der Waals surface area contributed by atoms with Gasteiger partial charge >= 0.3 is 12.4 Å². The zero-order valence-electron chi connectivity index (χ0n) is 41.7. The van der Waals surface area contributed by atoms with Gasteiger partial charge in [-0.15, -0.1) is 0 Å². The van der Waals surface area contributed by atoms with Crippen LogP contribution in [0.5, 0.6) is 0 Å². The van der Waals surface area contributed by atoms with Gasteiger partial charge in [-0.1, -0.05) is 113 Å². The highest BCUT2D eigenvalue weighted by Crippen LogP contribution is 2.46. The Morgan fingerprint density at radius 3 is 0.986 bits per heavy atom. The SMILES string of the molecule is CC(C)(C)c1ccc2c(c1)c1cc(C(C)(C)C)ccc1n2-c1ccc(C#N)cc1-c1cc(-c2cc(C(F)(F)F)cc(C(F)(F)F)c2)ccc1-n1c2ccc(C(C)(C)C)cc2c2cc(C(C)(C)C)ccc21. The molecule has 0 spiro atoms. The molecule has 3 nitrogen and oxygen atoms in total. The van der Waals surface area contributed by atoms with E-state index in [1.54, 1.807) is 30.3 Å². The lowest BCUT2D eigenvalue weighted by Crippen LogP contribution is -2.11. The van der Waals surface area contributed by atoms with E-state index >= 15 is 0 Å². The number of hydrogen-bond donors (Lipinski definition) is 0. The molecule has 0 fully saturated rings. The smallest absolute Gasteiger partial charge is 0.309 e. The maximum Gasteiger partial charge on any atom is 0.416 e. The molecule has 0 aliphatic carbocycles. The Hall–Kier alpha value is -6.79. The standard InChI is InChI=1S/C61H57F6N3/c1-56(2,3)38-15-21-52-46(30-38)47-31-39(57(4,5)6)16-22-53(47)69(52)50-19-13-35(34-68)25-44(50)45-28-36(37-26-42(60(62,63)64)29-43(27-37)61(65,66)67)14-20-51(45)70-54-23-17-40(58(7,8)9)32-48(54)49-33-41(59(10,11)12)18-24-55(49)70/h13-33H,1-12H3. The first-order valence-corrected chi connectivity index (χ1v) is 23.6. The Bertz CT molecular complexity index is 3440. The molecule has 0 radical (unpaired) electrons. The van der Waals surface area contributed by atoms with Crippen molar-refractivity contribution in [1.29, 1.82) is 5.26 Å². The lowest BCUT2D eigenvalue weighted by Gasteiger charge is -2.22. The van der Waals surface area contributed by atoms with Gasteiger partial charge in [0.15, 0.2) is 0 Å². The highest BCUT2D eigenvalue weighted by atomic mass is 19.4. The van der Waals surface area contributed by atoms with E-state index in [1.807, 2.05) is 6.07 Å². The molecule has 7 aromatic carbocycles. The van der Waals surface area contributed by atoms with Gasteiger partial charge in [-0.05, 0) is 152 Å². The van der Waals surface area contributed by atoms with Crippen LogP contribution >= 0.6 is 0 Å². The van der Waals surface area contributed by atoms with Crippen molar-refractivity contribution in [1.82, 2.24) is 9.13 Å². The molecule has 9 aromatic rings. The summed E-state index contributed by atoms with van der Waals surface area (Å²) >= 11 is 0. The number of benzene rings is 7. The van der Waals surface area contributed by atoms with Crippen molar-refractivity contribution in [2.45, 2.75) is 117 Å². The summed E-state index contributed by atoms with van der Waals surface area (Å²) in [6.45, 7) is 26.0. The van der Waals surface area contributed by atoms with Gasteiger partial charge in [-0.2, -0.15) is 31.6 Å². The van der Waals surface area contributed by atoms with Gasteiger partial charge in [0.2, 0.25) is 0 Å². The van der Waals surface area contributed by atoms with Gasteiger partial charge in [-0.25, -0.2) is 0 Å². The van der Waals surface area contributed by atoms with E-state index in [0.717, 1.165) is 78.0 Å². The van der Waals surface area contributed by atoms with Crippen LogP contribution in [-0.4, -0.2) is 9.13 Å². The molecule has 0 N–H and O–H groups in total. The molecule has 358 valence electrons. The van der Waals surface area contributed by atoms with Gasteiger partial charge in [0, 0.05) is 32.7 Å². The van der Waals surface area contributed by atoms with Gasteiger partial charge in [0.25, 0.3) is 0 Å². The van der Waals surface area contributed by atoms with Crippen molar-refractivity contribution < 1.29 is 26.3 Å². The van der Waals surface area contributed by atoms with E-state index in [2.05, 4.69) is 171 Å². The zero-order valence-corrected chi connectivity index (χ0v) is 41.7. The quantitative estimate of drug-likeness (QED) is 0.162. The fraction of sp³-hybridized carbons (Fsp3) is 0.295. The normalized spacial score (nSPS) is 13.3. The van der Waals surface area contributed by atoms with E-state index < -0.39 is 23.5 Å². The van der Waals surface area contributed by atoms with E-state index in [-0.39, 0.29) is 38.9 Å². The number of aromatic nitrogens is 2. The average Bonchev–Trinajstić information content (AvgIpc) is 3.78. The second kappa shape index (κ2) is 16.1. The molecule has 2 heterocycles. The second-order valence-corrected chi connectivity index (χ2v) is 23.0. The Balaban J connectivity index is 1.45. The zero-order chi connectivity index (χ0) is 50.8. The number of nitriles is 1. The number of alkyl halides is 6. The molecule has 9 heteroatoms. The van der Waals surface area contributed by atoms with Crippen LogP contribution in [0.15, 0.2) is 127 Å². The topological polar surface area (TPSA) is 33.6 Å². The fourth-order valence-electron chi connectivity index (χ4n) is 9.70. The van der Waals surface area contributed by atoms with E-state index in [4.69, 9.17) is 0 Å². The third kappa shape index (κ3) is 8.54. The van der Waals surface area contributed by atoms with Crippen molar-refractivity contribution in [2.24, 2.45) is 0 Å². The third-order valence-corrected chi connectivity index (χ3v) is 13.8. The molecule has 70 heavy (non-hydrogen) atoms. The number of hydrogen-bond acceptors (Lipinski definition) is 1. The molecule has 2 aromatic heterocycles. The van der Waals surface area contributed by atoms with Crippen LogP contribution in [-0.2, 0) is 34.0 Å². The molecule has 0 saturated carbocycles. The molecule has 0 unspecified atom stereocenters. The monoisotopic (exact) mass is 945 g/mol. The first kappa shape index (κ1) is 48.2. The summed E-state index contributed by atoms with van der Waals surface area (Å²) in [5, 5.41) is 14.6. The van der Waals surface area contributed by atoms with E-state index in [1.165, 1.54) is 0 Å². The minimum Gasteiger partial charge on any atom is -0.309 e. The average molecular weight is 946 g/mol. The Morgan fingerprint density at radius 1 is 0.343 bits per heavy atom. The predicted molar refractivity (Wildman–Crippen MR) is 276 cm³/mol. The van der Waals surface area contributed by atoms with Crippen LogP contribution in [0.1, 0.15) is 122 Å². The predicted octanol–water partition coefficient (Wildman–Crippen LogP) is 18.3. The summed E-state index contributed by atoms with van der Waals surface area (Å²) in [7, 11) is 0. The number of rotatable bonds is 4. The number of halogens is 6. The van der Waals surface area contributed by atoms with Crippen LogP contribution < -0.4 is 0 Å². The van der Waals surface area contributed by atoms with Crippen LogP contribution in [0.25, 0.3) is 77.2 Å². The summed E-state index contributed by atoms with van der Waals surface area (Å²) in [6, 6.07) is 40.2. The summed E-state index contributed by atoms with van der Waals surface area (Å²) in [5.41, 5.74) is 7.11. The molecule has 0 aliphatic rings. The van der Waals surface area contributed by atoms with Crippen LogP contribution in [0.2, 0.25) is 0 Å². The highest BCUT2D eigenvalue weighted by molar-refractivity contribution is 6.12. The molecule has 0 bridgehead atoms. The van der Waals surface area contributed by atoms with Crippen molar-refractivity contribution in [3.05, 3.63) is 166 Å². The number of nitrogens with zero attached hydrogens (tertiary/aromatic N) is 3. The highest BCUT2D eigenvalue weighted by Gasteiger charge is 2.37. The second-order valence-electron chi connectivity index (χ2n) is 23.0. The summed E-state index contributed by atoms with van der Waals surface area (Å²) < 4.78 is 91.1. The Labute approximate surface area is 406 Å². The van der Waals surface area contributed by atoms with Gasteiger partial charge in [0.05, 0.1) is 56.2 Å². The minimum atomic E-state index is -5.05. The minimum absolute atomic E-state index is 0.140. The molecule has 0 aliphatic heterocycles.